The Labute approximate surface area is 215 Å². The Morgan fingerprint density at radius 2 is 1.54 bits per heavy atom. The fraction of sp³-hybridized carbons (Fsp3) is 0.310. The minimum Gasteiger partial charge on any atom is -0.465 e. The first-order chi connectivity index (χ1) is 17.9. The highest BCUT2D eigenvalue weighted by molar-refractivity contribution is 5.75. The summed E-state index contributed by atoms with van der Waals surface area (Å²) >= 11 is 0. The van der Waals surface area contributed by atoms with Crippen molar-refractivity contribution in [2.24, 2.45) is 5.92 Å². The molecular weight excluding hydrogens is 476 g/mol. The van der Waals surface area contributed by atoms with Gasteiger partial charge in [0, 0.05) is 24.9 Å². The van der Waals surface area contributed by atoms with E-state index in [0.29, 0.717) is 25.9 Å². The molecule has 2 N–H and O–H groups in total. The van der Waals surface area contributed by atoms with Crippen LogP contribution in [-0.4, -0.2) is 46.3 Å². The quantitative estimate of drug-likeness (QED) is 0.409. The topological polar surface area (TPSA) is 72.9 Å². The van der Waals surface area contributed by atoms with Crippen molar-refractivity contribution in [2.75, 3.05) is 13.1 Å². The maximum atomic E-state index is 13.9. The summed E-state index contributed by atoms with van der Waals surface area (Å²) in [5.74, 6) is -1.54. The Balaban J connectivity index is 1.84. The van der Waals surface area contributed by atoms with Crippen molar-refractivity contribution in [2.45, 2.75) is 38.4 Å². The molecule has 0 aromatic heterocycles. The van der Waals surface area contributed by atoms with E-state index in [-0.39, 0.29) is 30.1 Å². The van der Waals surface area contributed by atoms with E-state index in [1.807, 2.05) is 37.3 Å². The second-order valence-electron chi connectivity index (χ2n) is 9.23. The molecule has 0 saturated carbocycles. The van der Waals surface area contributed by atoms with E-state index >= 15 is 0 Å². The normalized spacial score (nSPS) is 17.5. The second-order valence-corrected chi connectivity index (χ2v) is 9.23. The highest BCUT2D eigenvalue weighted by Gasteiger charge is 2.44. The number of halogens is 2. The first-order valence-electron chi connectivity index (χ1n) is 12.5. The van der Waals surface area contributed by atoms with Gasteiger partial charge in [-0.1, -0.05) is 54.6 Å². The molecule has 1 aliphatic heterocycles. The third-order valence-corrected chi connectivity index (χ3v) is 6.87. The van der Waals surface area contributed by atoms with E-state index in [4.69, 9.17) is 0 Å². The van der Waals surface area contributed by atoms with Crippen LogP contribution < -0.4 is 5.32 Å². The van der Waals surface area contributed by atoms with E-state index < -0.39 is 18.2 Å². The molecule has 1 heterocycles. The molecule has 3 aromatic rings. The van der Waals surface area contributed by atoms with Gasteiger partial charge in [0.1, 0.15) is 17.8 Å². The monoisotopic (exact) mass is 507 g/mol. The number of hydrogen-bond acceptors (Lipinski definition) is 2. The number of piperidine rings is 1. The fourth-order valence-corrected chi connectivity index (χ4v) is 5.30. The predicted octanol–water partition coefficient (Wildman–Crippen LogP) is 6.04. The minimum atomic E-state index is -1.15. The first kappa shape index (κ1) is 26.1. The molecule has 3 aromatic carbocycles. The number of amides is 3. The van der Waals surface area contributed by atoms with Crippen LogP contribution in [0.15, 0.2) is 78.9 Å². The molecule has 2 atom stereocenters. The summed E-state index contributed by atoms with van der Waals surface area (Å²) in [6, 6.07) is 21.1. The third kappa shape index (κ3) is 6.07. The van der Waals surface area contributed by atoms with Crippen LogP contribution in [0.3, 0.4) is 0 Å². The SMILES string of the molecule is CCNC(=O)N1CCC[C@@H](C(c2ccc(F)cc2)c2ccc(F)cc2)[C@H]1N(Cc1ccccc1)C(=O)O. The van der Waals surface area contributed by atoms with Gasteiger partial charge < -0.3 is 15.3 Å². The summed E-state index contributed by atoms with van der Waals surface area (Å²) in [5.41, 5.74) is 2.34. The predicted molar refractivity (Wildman–Crippen MR) is 137 cm³/mol. The Bertz CT molecular complexity index is 1140. The number of urea groups is 1. The lowest BCUT2D eigenvalue weighted by atomic mass is 9.74. The molecule has 0 bridgehead atoms. The number of hydrogen-bond donors (Lipinski definition) is 2. The molecule has 0 unspecified atom stereocenters. The van der Waals surface area contributed by atoms with E-state index in [1.54, 1.807) is 29.2 Å². The Kier molecular flexibility index (Phi) is 8.38. The molecule has 8 heteroatoms. The highest BCUT2D eigenvalue weighted by atomic mass is 19.1. The number of nitrogens with one attached hydrogen (secondary N) is 1. The molecule has 37 heavy (non-hydrogen) atoms. The Hall–Kier alpha value is -3.94. The van der Waals surface area contributed by atoms with Crippen LogP contribution in [0, 0.1) is 17.6 Å². The van der Waals surface area contributed by atoms with Crippen LogP contribution in [0.25, 0.3) is 0 Å². The van der Waals surface area contributed by atoms with Gasteiger partial charge in [0.15, 0.2) is 0 Å². The molecular formula is C29H31F2N3O3. The van der Waals surface area contributed by atoms with Crippen molar-refractivity contribution < 1.29 is 23.5 Å². The summed E-state index contributed by atoms with van der Waals surface area (Å²) in [7, 11) is 0. The standard InChI is InChI=1S/C29H31F2N3O3/c1-2-32-28(35)33-18-6-9-25(27(33)34(29(36)37)19-20-7-4-3-5-8-20)26(21-10-14-23(30)15-11-21)22-12-16-24(31)17-13-22/h3-5,7-8,10-17,25-27H,2,6,9,18-19H2,1H3,(H,32,35)(H,36,37)/t25-,27+/m0/s1. The zero-order valence-corrected chi connectivity index (χ0v) is 20.7. The van der Waals surface area contributed by atoms with Gasteiger partial charge >= 0.3 is 12.1 Å². The fourth-order valence-electron chi connectivity index (χ4n) is 5.30. The molecule has 4 rings (SSSR count). The zero-order chi connectivity index (χ0) is 26.4. The number of rotatable bonds is 7. The van der Waals surface area contributed by atoms with E-state index in [0.717, 1.165) is 16.7 Å². The number of nitrogens with zero attached hydrogens (tertiary/aromatic N) is 2. The van der Waals surface area contributed by atoms with E-state index in [1.165, 1.54) is 29.2 Å². The smallest absolute Gasteiger partial charge is 0.409 e. The lowest BCUT2D eigenvalue weighted by Gasteiger charge is -2.48. The molecule has 0 radical (unpaired) electrons. The lowest BCUT2D eigenvalue weighted by molar-refractivity contribution is -0.00396. The van der Waals surface area contributed by atoms with E-state index in [2.05, 4.69) is 5.32 Å². The van der Waals surface area contributed by atoms with Crippen molar-refractivity contribution in [3.05, 3.63) is 107 Å². The molecule has 1 fully saturated rings. The first-order valence-corrected chi connectivity index (χ1v) is 12.5. The number of likely N-dealkylation sites (tertiary alicyclic amines) is 1. The van der Waals surface area contributed by atoms with Crippen LogP contribution >= 0.6 is 0 Å². The second kappa shape index (κ2) is 11.9. The molecule has 1 aliphatic rings. The third-order valence-electron chi connectivity index (χ3n) is 6.87. The minimum absolute atomic E-state index is 0.0901. The van der Waals surface area contributed by atoms with Crippen LogP contribution in [0.2, 0.25) is 0 Å². The van der Waals surface area contributed by atoms with Crippen molar-refractivity contribution in [3.63, 3.8) is 0 Å². The van der Waals surface area contributed by atoms with Gasteiger partial charge in [0.05, 0.1) is 6.54 Å². The van der Waals surface area contributed by atoms with Crippen molar-refractivity contribution in [3.8, 4) is 0 Å². The van der Waals surface area contributed by atoms with Gasteiger partial charge in [-0.05, 0) is 60.7 Å². The summed E-state index contributed by atoms with van der Waals surface area (Å²) < 4.78 is 27.7. The van der Waals surface area contributed by atoms with E-state index in [9.17, 15) is 23.5 Å². The molecule has 0 spiro atoms. The molecule has 6 nitrogen and oxygen atoms in total. The summed E-state index contributed by atoms with van der Waals surface area (Å²) in [6.07, 6.45) is -0.667. The highest BCUT2D eigenvalue weighted by Crippen LogP contribution is 2.42. The van der Waals surface area contributed by atoms with Gasteiger partial charge in [0.25, 0.3) is 0 Å². The van der Waals surface area contributed by atoms with Crippen LogP contribution in [0.1, 0.15) is 42.4 Å². The van der Waals surface area contributed by atoms with Crippen molar-refractivity contribution in [1.29, 1.82) is 0 Å². The van der Waals surface area contributed by atoms with Crippen molar-refractivity contribution >= 4 is 12.1 Å². The zero-order valence-electron chi connectivity index (χ0n) is 20.7. The van der Waals surface area contributed by atoms with Crippen LogP contribution in [0.4, 0.5) is 18.4 Å². The van der Waals surface area contributed by atoms with Gasteiger partial charge in [-0.2, -0.15) is 0 Å². The maximum absolute atomic E-state index is 13.9. The summed E-state index contributed by atoms with van der Waals surface area (Å²) in [5, 5.41) is 13.2. The summed E-state index contributed by atoms with van der Waals surface area (Å²) in [6.45, 7) is 2.70. The van der Waals surface area contributed by atoms with Gasteiger partial charge in [-0.15, -0.1) is 0 Å². The molecule has 194 valence electrons. The van der Waals surface area contributed by atoms with Gasteiger partial charge in [0.2, 0.25) is 0 Å². The summed E-state index contributed by atoms with van der Waals surface area (Å²) in [4.78, 5) is 28.8. The van der Waals surface area contributed by atoms with Crippen LogP contribution in [-0.2, 0) is 6.54 Å². The average Bonchev–Trinajstić information content (AvgIpc) is 2.90. The maximum Gasteiger partial charge on any atom is 0.409 e. The number of benzene rings is 3. The lowest BCUT2D eigenvalue weighted by Crippen LogP contribution is -2.61. The number of carboxylic acid groups (broad SMARTS) is 1. The average molecular weight is 508 g/mol. The van der Waals surface area contributed by atoms with Gasteiger partial charge in [-0.25, -0.2) is 18.4 Å². The van der Waals surface area contributed by atoms with Gasteiger partial charge in [-0.3, -0.25) is 4.90 Å². The van der Waals surface area contributed by atoms with Crippen LogP contribution in [0.5, 0.6) is 0 Å². The number of carbonyl (C=O) groups is 2. The molecule has 3 amide bonds. The Morgan fingerprint density at radius 3 is 2.05 bits per heavy atom. The number of carbonyl (C=O) groups excluding carboxylic acids is 1. The molecule has 1 saturated heterocycles. The largest absolute Gasteiger partial charge is 0.465 e. The Morgan fingerprint density at radius 1 is 0.973 bits per heavy atom. The molecule has 0 aliphatic carbocycles. The van der Waals surface area contributed by atoms with Crippen molar-refractivity contribution in [1.82, 2.24) is 15.1 Å².